The summed E-state index contributed by atoms with van der Waals surface area (Å²) in [6.45, 7) is 3.11. The lowest BCUT2D eigenvalue weighted by molar-refractivity contribution is -0.141. The van der Waals surface area contributed by atoms with E-state index in [0.29, 0.717) is 19.6 Å². The van der Waals surface area contributed by atoms with Gasteiger partial charge in [0.05, 0.1) is 19.2 Å². The highest BCUT2D eigenvalue weighted by Gasteiger charge is 1.98. The van der Waals surface area contributed by atoms with Crippen molar-refractivity contribution in [2.24, 2.45) is 0 Å². The Bertz CT molecular complexity index is 163. The van der Waals surface area contributed by atoms with Gasteiger partial charge >= 0.3 is 5.97 Å². The van der Waals surface area contributed by atoms with Crippen LogP contribution in [0.4, 0.5) is 0 Å². The Morgan fingerprint density at radius 2 is 2.42 bits per heavy atom. The molecule has 4 nitrogen and oxygen atoms in total. The summed E-state index contributed by atoms with van der Waals surface area (Å²) in [4.78, 5) is 10.7. The van der Waals surface area contributed by atoms with Crippen LogP contribution >= 0.6 is 0 Å². The second kappa shape index (κ2) is 8.02. The summed E-state index contributed by atoms with van der Waals surface area (Å²) in [6.07, 6.45) is 1.30. The molecule has 0 atom stereocenters. The van der Waals surface area contributed by atoms with E-state index >= 15 is 0 Å². The zero-order valence-corrected chi connectivity index (χ0v) is 7.30. The monoisotopic (exact) mass is 170 g/mol. The number of ether oxygens (including phenoxy) is 1. The smallest absolute Gasteiger partial charge is 0.319 e. The van der Waals surface area contributed by atoms with Gasteiger partial charge in [-0.2, -0.15) is 5.26 Å². The molecular formula is C8H14N2O2. The van der Waals surface area contributed by atoms with Crippen LogP contribution in [0.2, 0.25) is 0 Å². The molecule has 0 rings (SSSR count). The van der Waals surface area contributed by atoms with E-state index in [1.165, 1.54) is 0 Å². The standard InChI is InChI=1S/C8H14N2O2/c1-2-12-8(11)7-10-6-4-3-5-9/h10H,2-4,6-7H2,1H3. The van der Waals surface area contributed by atoms with Gasteiger partial charge in [0.2, 0.25) is 0 Å². The van der Waals surface area contributed by atoms with Crippen molar-refractivity contribution in [2.45, 2.75) is 19.8 Å². The van der Waals surface area contributed by atoms with Gasteiger partial charge in [-0.3, -0.25) is 4.79 Å². The fourth-order valence-corrected chi connectivity index (χ4v) is 0.695. The second-order valence-electron chi connectivity index (χ2n) is 2.24. The number of carbonyl (C=O) groups is 1. The van der Waals surface area contributed by atoms with E-state index in [1.807, 2.05) is 6.07 Å². The fraction of sp³-hybridized carbons (Fsp3) is 0.750. The average Bonchev–Trinajstić information content (AvgIpc) is 2.05. The van der Waals surface area contributed by atoms with Gasteiger partial charge in [-0.1, -0.05) is 0 Å². The lowest BCUT2D eigenvalue weighted by Crippen LogP contribution is -2.25. The average molecular weight is 170 g/mol. The molecule has 4 heteroatoms. The summed E-state index contributed by atoms with van der Waals surface area (Å²) in [7, 11) is 0. The van der Waals surface area contributed by atoms with Crippen LogP contribution in [0.1, 0.15) is 19.8 Å². The molecular weight excluding hydrogens is 156 g/mol. The minimum atomic E-state index is -0.241. The normalized spacial score (nSPS) is 9.00. The first-order valence-corrected chi connectivity index (χ1v) is 4.04. The SMILES string of the molecule is CCOC(=O)CNCCCC#N. The number of unbranched alkanes of at least 4 members (excludes halogenated alkanes) is 1. The lowest BCUT2D eigenvalue weighted by atomic mass is 10.3. The Morgan fingerprint density at radius 1 is 1.67 bits per heavy atom. The molecule has 0 aromatic carbocycles. The molecule has 0 saturated heterocycles. The van der Waals surface area contributed by atoms with Crippen LogP contribution < -0.4 is 5.32 Å². The summed E-state index contributed by atoms with van der Waals surface area (Å²) < 4.78 is 4.68. The van der Waals surface area contributed by atoms with Gasteiger partial charge in [0.1, 0.15) is 0 Å². The van der Waals surface area contributed by atoms with Gasteiger partial charge in [0.15, 0.2) is 0 Å². The maximum atomic E-state index is 10.7. The van der Waals surface area contributed by atoms with Gasteiger partial charge in [-0.05, 0) is 19.9 Å². The van der Waals surface area contributed by atoms with E-state index in [-0.39, 0.29) is 12.5 Å². The molecule has 0 fully saturated rings. The van der Waals surface area contributed by atoms with Gasteiger partial charge in [0.25, 0.3) is 0 Å². The molecule has 0 bridgehead atoms. The first-order chi connectivity index (χ1) is 5.81. The van der Waals surface area contributed by atoms with Crippen molar-refractivity contribution in [3.05, 3.63) is 0 Å². The predicted molar refractivity (Wildman–Crippen MR) is 44.3 cm³/mol. The zero-order valence-electron chi connectivity index (χ0n) is 7.30. The third-order valence-electron chi connectivity index (χ3n) is 1.22. The van der Waals surface area contributed by atoms with Crippen molar-refractivity contribution in [2.75, 3.05) is 19.7 Å². The molecule has 0 radical (unpaired) electrons. The highest BCUT2D eigenvalue weighted by Crippen LogP contribution is 1.82. The number of hydrogen-bond acceptors (Lipinski definition) is 4. The van der Waals surface area contributed by atoms with Crippen molar-refractivity contribution in [3.63, 3.8) is 0 Å². The predicted octanol–water partition coefficient (Wildman–Crippen LogP) is 0.443. The number of nitrogens with zero attached hydrogens (tertiary/aromatic N) is 1. The summed E-state index contributed by atoms with van der Waals surface area (Å²) in [5, 5.41) is 11.1. The van der Waals surface area contributed by atoms with Crippen molar-refractivity contribution >= 4 is 5.97 Å². The molecule has 0 aliphatic heterocycles. The molecule has 0 aromatic rings. The Kier molecular flexibility index (Phi) is 7.30. The number of hydrogen-bond donors (Lipinski definition) is 1. The van der Waals surface area contributed by atoms with Crippen LogP contribution in [0.5, 0.6) is 0 Å². The van der Waals surface area contributed by atoms with E-state index in [2.05, 4.69) is 10.1 Å². The van der Waals surface area contributed by atoms with Crippen molar-refractivity contribution < 1.29 is 9.53 Å². The lowest BCUT2D eigenvalue weighted by Gasteiger charge is -2.02. The van der Waals surface area contributed by atoms with Crippen LogP contribution in [-0.4, -0.2) is 25.7 Å². The molecule has 1 N–H and O–H groups in total. The Hall–Kier alpha value is -1.08. The summed E-state index contributed by atoms with van der Waals surface area (Å²) in [5.41, 5.74) is 0. The largest absolute Gasteiger partial charge is 0.465 e. The fourth-order valence-electron chi connectivity index (χ4n) is 0.695. The highest BCUT2D eigenvalue weighted by atomic mass is 16.5. The molecule has 68 valence electrons. The van der Waals surface area contributed by atoms with Gasteiger partial charge in [-0.25, -0.2) is 0 Å². The van der Waals surface area contributed by atoms with Gasteiger partial charge in [-0.15, -0.1) is 0 Å². The van der Waals surface area contributed by atoms with Crippen molar-refractivity contribution in [3.8, 4) is 6.07 Å². The minimum Gasteiger partial charge on any atom is -0.465 e. The number of carbonyl (C=O) groups excluding carboxylic acids is 1. The Balaban J connectivity index is 3.09. The first-order valence-electron chi connectivity index (χ1n) is 4.04. The summed E-state index contributed by atoms with van der Waals surface area (Å²) in [5.74, 6) is -0.241. The molecule has 0 aliphatic carbocycles. The van der Waals surface area contributed by atoms with E-state index in [1.54, 1.807) is 6.92 Å². The van der Waals surface area contributed by atoms with Crippen LogP contribution in [0.3, 0.4) is 0 Å². The molecule has 0 aliphatic rings. The topological polar surface area (TPSA) is 62.1 Å². The molecule has 0 saturated carbocycles. The molecule has 0 aromatic heterocycles. The maximum Gasteiger partial charge on any atom is 0.319 e. The van der Waals surface area contributed by atoms with E-state index < -0.39 is 0 Å². The van der Waals surface area contributed by atoms with E-state index in [0.717, 1.165) is 6.42 Å². The highest BCUT2D eigenvalue weighted by molar-refractivity contribution is 5.71. The van der Waals surface area contributed by atoms with E-state index in [9.17, 15) is 4.79 Å². The Labute approximate surface area is 72.5 Å². The molecule has 0 amide bonds. The van der Waals surface area contributed by atoms with Crippen molar-refractivity contribution in [1.29, 1.82) is 5.26 Å². The number of nitriles is 1. The van der Waals surface area contributed by atoms with Gasteiger partial charge < -0.3 is 10.1 Å². The van der Waals surface area contributed by atoms with Crippen LogP contribution in [0.15, 0.2) is 0 Å². The second-order valence-corrected chi connectivity index (χ2v) is 2.24. The van der Waals surface area contributed by atoms with Crippen LogP contribution in [-0.2, 0) is 9.53 Å². The zero-order chi connectivity index (χ0) is 9.23. The first kappa shape index (κ1) is 10.9. The van der Waals surface area contributed by atoms with E-state index in [4.69, 9.17) is 5.26 Å². The summed E-state index contributed by atoms with van der Waals surface area (Å²) in [6, 6.07) is 2.02. The third-order valence-corrected chi connectivity index (χ3v) is 1.22. The van der Waals surface area contributed by atoms with Crippen molar-refractivity contribution in [1.82, 2.24) is 5.32 Å². The van der Waals surface area contributed by atoms with Crippen LogP contribution in [0.25, 0.3) is 0 Å². The van der Waals surface area contributed by atoms with Gasteiger partial charge in [0, 0.05) is 6.42 Å². The number of esters is 1. The molecule has 0 unspecified atom stereocenters. The third kappa shape index (κ3) is 7.03. The molecule has 12 heavy (non-hydrogen) atoms. The summed E-state index contributed by atoms with van der Waals surface area (Å²) >= 11 is 0. The maximum absolute atomic E-state index is 10.7. The Morgan fingerprint density at radius 3 is 3.00 bits per heavy atom. The molecule has 0 spiro atoms. The minimum absolute atomic E-state index is 0.235. The number of nitrogens with one attached hydrogen (secondary N) is 1. The quantitative estimate of drug-likeness (QED) is 0.464. The van der Waals surface area contributed by atoms with Crippen LogP contribution in [0, 0.1) is 11.3 Å². The molecule has 0 heterocycles. The number of rotatable bonds is 6.